The normalized spacial score (nSPS) is 15.7. The monoisotopic (exact) mass is 304 g/mol. The molecule has 0 radical (unpaired) electrons. The molecule has 7 heteroatoms. The minimum absolute atomic E-state index is 0.0761. The molecular formula is C14H12N2O4S. The van der Waals surface area contributed by atoms with Gasteiger partial charge in [-0.3, -0.25) is 14.9 Å². The fraction of sp³-hybridized carbons (Fsp3) is 0.214. The van der Waals surface area contributed by atoms with Gasteiger partial charge in [0.25, 0.3) is 11.1 Å². The van der Waals surface area contributed by atoms with E-state index in [9.17, 15) is 9.59 Å². The molecule has 1 aliphatic rings. The van der Waals surface area contributed by atoms with Crippen molar-refractivity contribution >= 4 is 29.0 Å². The van der Waals surface area contributed by atoms with Crippen LogP contribution < -0.4 is 14.8 Å². The molecule has 108 valence electrons. The summed E-state index contributed by atoms with van der Waals surface area (Å²) >= 11 is 0.852. The second-order valence-corrected chi connectivity index (χ2v) is 4.95. The summed E-state index contributed by atoms with van der Waals surface area (Å²) in [4.78, 5) is 22.9. The lowest BCUT2D eigenvalue weighted by Crippen LogP contribution is -2.17. The van der Waals surface area contributed by atoms with Crippen LogP contribution >= 0.6 is 11.8 Å². The standard InChI is InChI=1S/C14H12N2O4S/c1-2-19-11-7-9(3-4-10(11)20-6-5-15)8-12-13(17)16-14(18)21-12/h3-4,7-8H,2,6H2,1H3,(H,16,17,18)/b12-8-. The molecule has 2 amide bonds. The molecule has 0 bridgehead atoms. The molecule has 1 heterocycles. The molecule has 0 atom stereocenters. The van der Waals surface area contributed by atoms with Gasteiger partial charge in [0.1, 0.15) is 6.07 Å². The zero-order valence-corrected chi connectivity index (χ0v) is 12.0. The maximum absolute atomic E-state index is 11.5. The molecule has 0 aliphatic carbocycles. The first-order chi connectivity index (χ1) is 10.1. The van der Waals surface area contributed by atoms with Crippen molar-refractivity contribution in [3.8, 4) is 17.6 Å². The van der Waals surface area contributed by atoms with Crippen LogP contribution in [0.2, 0.25) is 0 Å². The van der Waals surface area contributed by atoms with Crippen molar-refractivity contribution in [1.82, 2.24) is 5.32 Å². The second kappa shape index (κ2) is 6.81. The maximum atomic E-state index is 11.5. The van der Waals surface area contributed by atoms with Gasteiger partial charge in [-0.25, -0.2) is 0 Å². The first kappa shape index (κ1) is 14.9. The first-order valence-corrected chi connectivity index (χ1v) is 6.97. The Bertz CT molecular complexity index is 649. The summed E-state index contributed by atoms with van der Waals surface area (Å²) in [5, 5.41) is 10.3. The van der Waals surface area contributed by atoms with Crippen molar-refractivity contribution in [3.05, 3.63) is 28.7 Å². The van der Waals surface area contributed by atoms with E-state index in [0.29, 0.717) is 28.6 Å². The summed E-state index contributed by atoms with van der Waals surface area (Å²) < 4.78 is 10.7. The topological polar surface area (TPSA) is 88.4 Å². The number of carbonyl (C=O) groups excluding carboxylic acids is 2. The van der Waals surface area contributed by atoms with E-state index in [1.54, 1.807) is 24.3 Å². The molecule has 2 rings (SSSR count). The number of benzene rings is 1. The van der Waals surface area contributed by atoms with Crippen molar-refractivity contribution < 1.29 is 19.1 Å². The third-order valence-electron chi connectivity index (χ3n) is 2.50. The summed E-state index contributed by atoms with van der Waals surface area (Å²) in [7, 11) is 0. The number of rotatable bonds is 5. The smallest absolute Gasteiger partial charge is 0.290 e. The van der Waals surface area contributed by atoms with Gasteiger partial charge < -0.3 is 9.47 Å². The molecule has 1 N–H and O–H groups in total. The highest BCUT2D eigenvalue weighted by Crippen LogP contribution is 2.31. The Morgan fingerprint density at radius 3 is 2.76 bits per heavy atom. The first-order valence-electron chi connectivity index (χ1n) is 6.15. The minimum Gasteiger partial charge on any atom is -0.490 e. The maximum Gasteiger partial charge on any atom is 0.290 e. The van der Waals surface area contributed by atoms with Crippen molar-refractivity contribution in [3.63, 3.8) is 0 Å². The van der Waals surface area contributed by atoms with E-state index in [2.05, 4.69) is 5.32 Å². The third kappa shape index (κ3) is 3.77. The number of hydrogen-bond donors (Lipinski definition) is 1. The van der Waals surface area contributed by atoms with Crippen molar-refractivity contribution in [2.45, 2.75) is 6.92 Å². The highest BCUT2D eigenvalue weighted by Gasteiger charge is 2.25. The van der Waals surface area contributed by atoms with Crippen LogP contribution in [0.25, 0.3) is 6.08 Å². The molecule has 1 saturated heterocycles. The Morgan fingerprint density at radius 1 is 1.33 bits per heavy atom. The number of hydrogen-bond acceptors (Lipinski definition) is 6. The number of thioether (sulfide) groups is 1. The van der Waals surface area contributed by atoms with E-state index in [1.807, 2.05) is 13.0 Å². The predicted octanol–water partition coefficient (Wildman–Crippen LogP) is 2.31. The molecule has 6 nitrogen and oxygen atoms in total. The van der Waals surface area contributed by atoms with Gasteiger partial charge in [-0.15, -0.1) is 0 Å². The summed E-state index contributed by atoms with van der Waals surface area (Å²) in [6.07, 6.45) is 1.60. The van der Waals surface area contributed by atoms with Crippen LogP contribution in [0.4, 0.5) is 4.79 Å². The molecule has 0 aromatic heterocycles. The summed E-state index contributed by atoms with van der Waals surface area (Å²) in [6, 6.07) is 6.96. The molecule has 21 heavy (non-hydrogen) atoms. The fourth-order valence-corrected chi connectivity index (χ4v) is 2.37. The summed E-state index contributed by atoms with van der Waals surface area (Å²) in [5.74, 6) is 0.532. The molecule has 0 unspecified atom stereocenters. The summed E-state index contributed by atoms with van der Waals surface area (Å²) in [5.41, 5.74) is 0.704. The molecule has 1 aromatic rings. The van der Waals surface area contributed by atoms with Crippen LogP contribution in [0.5, 0.6) is 11.5 Å². The van der Waals surface area contributed by atoms with Crippen LogP contribution in [-0.2, 0) is 4.79 Å². The van der Waals surface area contributed by atoms with Gasteiger partial charge in [0, 0.05) is 0 Å². The molecule has 0 spiro atoms. The third-order valence-corrected chi connectivity index (χ3v) is 3.31. The van der Waals surface area contributed by atoms with Gasteiger partial charge in [-0.2, -0.15) is 5.26 Å². The lowest BCUT2D eigenvalue weighted by atomic mass is 10.2. The van der Waals surface area contributed by atoms with Crippen molar-refractivity contribution in [1.29, 1.82) is 5.26 Å². The van der Waals surface area contributed by atoms with Crippen LogP contribution in [0.15, 0.2) is 23.1 Å². The van der Waals surface area contributed by atoms with E-state index in [1.165, 1.54) is 0 Å². The Labute approximate surface area is 125 Å². The molecule has 0 saturated carbocycles. The van der Waals surface area contributed by atoms with Gasteiger partial charge in [-0.1, -0.05) is 6.07 Å². The Balaban J connectivity index is 2.27. The fourth-order valence-electron chi connectivity index (χ4n) is 1.68. The number of amides is 2. The quantitative estimate of drug-likeness (QED) is 0.840. The van der Waals surface area contributed by atoms with E-state index in [-0.39, 0.29) is 11.8 Å². The highest BCUT2D eigenvalue weighted by atomic mass is 32.2. The number of nitrogens with one attached hydrogen (secondary N) is 1. The van der Waals surface area contributed by atoms with Gasteiger partial charge in [0.15, 0.2) is 18.1 Å². The van der Waals surface area contributed by atoms with E-state index in [0.717, 1.165) is 11.8 Å². The zero-order chi connectivity index (χ0) is 15.2. The Hall–Kier alpha value is -2.46. The van der Waals surface area contributed by atoms with Gasteiger partial charge >= 0.3 is 0 Å². The second-order valence-electron chi connectivity index (χ2n) is 3.94. The van der Waals surface area contributed by atoms with Crippen molar-refractivity contribution in [2.24, 2.45) is 0 Å². The van der Waals surface area contributed by atoms with E-state index < -0.39 is 5.91 Å². The lowest BCUT2D eigenvalue weighted by molar-refractivity contribution is -0.115. The number of imide groups is 1. The highest BCUT2D eigenvalue weighted by molar-refractivity contribution is 8.18. The predicted molar refractivity (Wildman–Crippen MR) is 77.8 cm³/mol. The van der Waals surface area contributed by atoms with Gasteiger partial charge in [0.05, 0.1) is 11.5 Å². The molecule has 1 aromatic carbocycles. The van der Waals surface area contributed by atoms with E-state index >= 15 is 0 Å². The van der Waals surface area contributed by atoms with E-state index in [4.69, 9.17) is 14.7 Å². The lowest BCUT2D eigenvalue weighted by Gasteiger charge is -2.10. The van der Waals surface area contributed by atoms with Gasteiger partial charge in [-0.05, 0) is 42.5 Å². The zero-order valence-electron chi connectivity index (χ0n) is 11.2. The molecular weight excluding hydrogens is 292 g/mol. The Morgan fingerprint density at radius 2 is 2.14 bits per heavy atom. The van der Waals surface area contributed by atoms with Crippen molar-refractivity contribution in [2.75, 3.05) is 13.2 Å². The number of nitrogens with zero attached hydrogens (tertiary/aromatic N) is 1. The average molecular weight is 304 g/mol. The largest absolute Gasteiger partial charge is 0.490 e. The average Bonchev–Trinajstić information content (AvgIpc) is 2.76. The molecule has 1 aliphatic heterocycles. The van der Waals surface area contributed by atoms with Crippen LogP contribution in [-0.4, -0.2) is 24.4 Å². The number of ether oxygens (including phenoxy) is 2. The minimum atomic E-state index is -0.409. The number of nitriles is 1. The Kier molecular flexibility index (Phi) is 4.85. The van der Waals surface area contributed by atoms with Crippen LogP contribution in [0.1, 0.15) is 12.5 Å². The molecule has 1 fully saturated rings. The summed E-state index contributed by atoms with van der Waals surface area (Å²) in [6.45, 7) is 2.20. The SMILES string of the molecule is CCOc1cc(/C=C2\SC(=O)NC2=O)ccc1OCC#N. The van der Waals surface area contributed by atoms with Gasteiger partial charge in [0.2, 0.25) is 0 Å². The van der Waals surface area contributed by atoms with Crippen LogP contribution in [0.3, 0.4) is 0 Å². The number of carbonyl (C=O) groups is 2. The van der Waals surface area contributed by atoms with Crippen LogP contribution in [0, 0.1) is 11.3 Å².